The fraction of sp³-hybridized carbons (Fsp3) is 0.560. The maximum atomic E-state index is 12.6. The second-order valence-electron chi connectivity index (χ2n) is 8.62. The molecule has 1 atom stereocenters. The van der Waals surface area contributed by atoms with E-state index in [9.17, 15) is 18.0 Å². The van der Waals surface area contributed by atoms with Gasteiger partial charge in [0.2, 0.25) is 5.91 Å². The van der Waals surface area contributed by atoms with Crippen LogP contribution in [-0.2, 0) is 4.79 Å². The van der Waals surface area contributed by atoms with E-state index >= 15 is 0 Å². The molecule has 0 radical (unpaired) electrons. The van der Waals surface area contributed by atoms with E-state index in [2.05, 4.69) is 21.7 Å². The molecule has 2 fully saturated rings. The fourth-order valence-corrected chi connectivity index (χ4v) is 4.19. The molecule has 0 aliphatic carbocycles. The van der Waals surface area contributed by atoms with Crippen LogP contribution < -0.4 is 16.0 Å². The van der Waals surface area contributed by atoms with Crippen molar-refractivity contribution in [2.75, 3.05) is 57.3 Å². The van der Waals surface area contributed by atoms with Crippen LogP contribution in [0.4, 0.5) is 18.9 Å². The van der Waals surface area contributed by atoms with Crippen LogP contribution in [0.2, 0.25) is 5.02 Å². The van der Waals surface area contributed by atoms with Crippen molar-refractivity contribution in [1.82, 2.24) is 15.1 Å². The Kier molecular flexibility index (Phi) is 11.9. The van der Waals surface area contributed by atoms with Gasteiger partial charge in [-0.15, -0.1) is 0 Å². The van der Waals surface area contributed by atoms with E-state index in [1.165, 1.54) is 6.08 Å². The van der Waals surface area contributed by atoms with E-state index in [-0.39, 0.29) is 11.9 Å². The van der Waals surface area contributed by atoms with Crippen LogP contribution in [0.3, 0.4) is 0 Å². The molecule has 1 aromatic carbocycles. The molecular weight excluding hydrogens is 479 g/mol. The monoisotopic (exact) mass is 515 g/mol. The minimum absolute atomic E-state index is 0.0562. The van der Waals surface area contributed by atoms with Gasteiger partial charge in [-0.3, -0.25) is 9.69 Å². The zero-order valence-electron chi connectivity index (χ0n) is 20.4. The number of nitrogens with two attached hydrogens (primary N) is 1. The Hall–Kier alpha value is -2.23. The molecule has 0 aromatic heterocycles. The Bertz CT molecular complexity index is 823. The highest BCUT2D eigenvalue weighted by Crippen LogP contribution is 2.22. The number of allylic oxidation sites excluding steroid dienone is 2. The van der Waals surface area contributed by atoms with Gasteiger partial charge in [0.05, 0.1) is 6.42 Å². The van der Waals surface area contributed by atoms with Crippen molar-refractivity contribution in [3.05, 3.63) is 53.7 Å². The lowest BCUT2D eigenvalue weighted by Crippen LogP contribution is -2.47. The molecule has 196 valence electrons. The van der Waals surface area contributed by atoms with Gasteiger partial charge in [0.15, 0.2) is 0 Å². The van der Waals surface area contributed by atoms with Crippen LogP contribution in [0.5, 0.6) is 0 Å². The van der Waals surface area contributed by atoms with Gasteiger partial charge in [0, 0.05) is 74.7 Å². The molecule has 2 heterocycles. The lowest BCUT2D eigenvalue weighted by Gasteiger charge is -2.36. The molecule has 2 aliphatic heterocycles. The molecule has 0 bridgehead atoms. The third-order valence-electron chi connectivity index (χ3n) is 5.89. The molecule has 35 heavy (non-hydrogen) atoms. The Balaban J connectivity index is 0.00000137. The van der Waals surface area contributed by atoms with E-state index < -0.39 is 12.6 Å². The molecule has 1 amide bonds. The molecule has 10 heteroatoms. The van der Waals surface area contributed by atoms with Crippen LogP contribution in [0, 0.1) is 0 Å². The zero-order chi connectivity index (χ0) is 25.8. The predicted molar refractivity (Wildman–Crippen MR) is 137 cm³/mol. The third-order valence-corrected chi connectivity index (χ3v) is 6.14. The number of nitrogens with zero attached hydrogens (tertiary/aromatic N) is 3. The molecular formula is C25H37ClF3N5O. The quantitative estimate of drug-likeness (QED) is 0.512. The third kappa shape index (κ3) is 10.5. The van der Waals surface area contributed by atoms with Gasteiger partial charge in [-0.2, -0.15) is 13.2 Å². The van der Waals surface area contributed by atoms with Crippen LogP contribution in [-0.4, -0.2) is 80.3 Å². The number of nitrogens with one attached hydrogen (secondary N) is 1. The van der Waals surface area contributed by atoms with Crippen LogP contribution in [0.25, 0.3) is 0 Å². The maximum Gasteiger partial charge on any atom is 0.392 e. The second-order valence-corrected chi connectivity index (χ2v) is 9.05. The van der Waals surface area contributed by atoms with Crippen molar-refractivity contribution < 1.29 is 18.0 Å². The molecule has 3 rings (SSSR count). The largest absolute Gasteiger partial charge is 0.392 e. The number of carbonyl (C=O) groups is 1. The molecule has 2 aliphatic rings. The lowest BCUT2D eigenvalue weighted by atomic mass is 10.2. The highest BCUT2D eigenvalue weighted by molar-refractivity contribution is 6.30. The summed E-state index contributed by atoms with van der Waals surface area (Å²) < 4.78 is 37.3. The molecule has 3 N–H and O–H groups in total. The topological polar surface area (TPSA) is 64.8 Å². The first-order valence-electron chi connectivity index (χ1n) is 12.0. The van der Waals surface area contributed by atoms with Crippen molar-refractivity contribution in [3.63, 3.8) is 0 Å². The summed E-state index contributed by atoms with van der Waals surface area (Å²) in [7, 11) is 0. The van der Waals surface area contributed by atoms with Crippen LogP contribution in [0.1, 0.15) is 26.2 Å². The Morgan fingerprint density at radius 1 is 1.20 bits per heavy atom. The lowest BCUT2D eigenvalue weighted by molar-refractivity contribution is -0.130. The fourth-order valence-electron chi connectivity index (χ4n) is 4.06. The molecule has 2 saturated heterocycles. The zero-order valence-corrected chi connectivity index (χ0v) is 21.1. The highest BCUT2D eigenvalue weighted by atomic mass is 35.5. The normalized spacial score (nSPS) is 19.3. The number of piperazine rings is 1. The molecule has 0 unspecified atom stereocenters. The molecule has 6 nitrogen and oxygen atoms in total. The highest BCUT2D eigenvalue weighted by Gasteiger charge is 2.28. The Labute approximate surface area is 211 Å². The van der Waals surface area contributed by atoms with Gasteiger partial charge in [0.25, 0.3) is 0 Å². The van der Waals surface area contributed by atoms with Crippen LogP contribution in [0.15, 0.2) is 48.7 Å². The summed E-state index contributed by atoms with van der Waals surface area (Å²) in [5.74, 6) is 0.0915. The van der Waals surface area contributed by atoms with E-state index in [1.54, 1.807) is 4.90 Å². The second kappa shape index (κ2) is 14.4. The SMILES string of the molecule is C=C/C(=C\CC(F)(F)F)N[C@@H]1CCN(C(=O)CCN2CCN(c3ccc(Cl)cc3)CC2)C1.CCN. The predicted octanol–water partition coefficient (Wildman–Crippen LogP) is 4.03. The minimum Gasteiger partial charge on any atom is -0.381 e. The number of hydrogen-bond acceptors (Lipinski definition) is 5. The van der Waals surface area contributed by atoms with E-state index in [1.807, 2.05) is 31.2 Å². The number of amides is 1. The van der Waals surface area contributed by atoms with Crippen molar-refractivity contribution >= 4 is 23.2 Å². The first kappa shape index (κ1) is 29.0. The number of rotatable bonds is 8. The number of halogens is 4. The average molecular weight is 516 g/mol. The van der Waals surface area contributed by atoms with Gasteiger partial charge < -0.3 is 20.9 Å². The number of likely N-dealkylation sites (tertiary alicyclic amines) is 1. The smallest absolute Gasteiger partial charge is 0.381 e. The number of hydrogen-bond donors (Lipinski definition) is 2. The molecule has 0 saturated carbocycles. The van der Waals surface area contributed by atoms with Gasteiger partial charge >= 0.3 is 6.18 Å². The summed E-state index contributed by atoms with van der Waals surface area (Å²) in [4.78, 5) is 19.0. The minimum atomic E-state index is -4.24. The van der Waals surface area contributed by atoms with Gasteiger partial charge in [-0.1, -0.05) is 31.2 Å². The number of benzene rings is 1. The molecule has 0 spiro atoms. The van der Waals surface area contributed by atoms with E-state index in [0.717, 1.165) is 49.5 Å². The van der Waals surface area contributed by atoms with Crippen molar-refractivity contribution in [2.45, 2.75) is 38.4 Å². The molecule has 1 aromatic rings. The summed E-state index contributed by atoms with van der Waals surface area (Å²) in [6, 6.07) is 7.78. The summed E-state index contributed by atoms with van der Waals surface area (Å²) in [6.45, 7) is 11.7. The first-order valence-corrected chi connectivity index (χ1v) is 12.4. The van der Waals surface area contributed by atoms with Gasteiger partial charge in [-0.05, 0) is 43.3 Å². The van der Waals surface area contributed by atoms with E-state index in [4.69, 9.17) is 17.3 Å². The van der Waals surface area contributed by atoms with Gasteiger partial charge in [0.1, 0.15) is 0 Å². The number of alkyl halides is 3. The van der Waals surface area contributed by atoms with Crippen LogP contribution >= 0.6 is 11.6 Å². The van der Waals surface area contributed by atoms with Gasteiger partial charge in [-0.25, -0.2) is 0 Å². The summed E-state index contributed by atoms with van der Waals surface area (Å²) in [6.07, 6.45) is -1.59. The number of carbonyl (C=O) groups excluding carboxylic acids is 1. The Morgan fingerprint density at radius 2 is 1.83 bits per heavy atom. The van der Waals surface area contributed by atoms with Crippen molar-refractivity contribution in [3.8, 4) is 0 Å². The standard InChI is InChI=1S/C23H30ClF3N4O.C2H7N/c1-2-19(7-10-23(25,26)27)28-20-8-12-31(17-20)22(32)9-11-29-13-15-30(16-14-29)21-5-3-18(24)4-6-21;1-2-3/h2-7,20,28H,1,8-17H2;2-3H2,1H3/b19-7+;/t20-;/m1./s1. The average Bonchev–Trinajstić information content (AvgIpc) is 3.30. The summed E-state index contributed by atoms with van der Waals surface area (Å²) >= 11 is 5.96. The number of anilines is 1. The van der Waals surface area contributed by atoms with E-state index in [0.29, 0.717) is 38.2 Å². The summed E-state index contributed by atoms with van der Waals surface area (Å²) in [5, 5.41) is 3.80. The van der Waals surface area contributed by atoms with Crippen molar-refractivity contribution in [2.24, 2.45) is 5.73 Å². The Morgan fingerprint density at radius 3 is 2.40 bits per heavy atom. The maximum absolute atomic E-state index is 12.6. The first-order chi connectivity index (χ1) is 16.6. The van der Waals surface area contributed by atoms with Crippen molar-refractivity contribution in [1.29, 1.82) is 0 Å². The summed E-state index contributed by atoms with van der Waals surface area (Å²) in [5.41, 5.74) is 6.36.